The zero-order chi connectivity index (χ0) is 18.5. The average molecular weight is 353 g/mol. The van der Waals surface area contributed by atoms with Gasteiger partial charge in [0.1, 0.15) is 0 Å². The molecule has 2 aromatic rings. The van der Waals surface area contributed by atoms with Gasteiger partial charge >= 0.3 is 0 Å². The fraction of sp³-hybridized carbons (Fsp3) is 0.450. The molecule has 138 valence electrons. The van der Waals surface area contributed by atoms with E-state index in [1.54, 1.807) is 12.4 Å². The monoisotopic (exact) mass is 353 g/mol. The number of rotatable bonds is 5. The van der Waals surface area contributed by atoms with Gasteiger partial charge in [-0.15, -0.1) is 0 Å². The second-order valence-electron chi connectivity index (χ2n) is 6.61. The average Bonchev–Trinajstić information content (AvgIpc) is 2.69. The first-order valence-corrected chi connectivity index (χ1v) is 9.31. The summed E-state index contributed by atoms with van der Waals surface area (Å²) < 4.78 is 0. The first-order valence-electron chi connectivity index (χ1n) is 9.31. The van der Waals surface area contributed by atoms with Gasteiger partial charge in [0.15, 0.2) is 0 Å². The summed E-state index contributed by atoms with van der Waals surface area (Å²) in [5.74, 6) is 0.527. The summed E-state index contributed by atoms with van der Waals surface area (Å²) in [5, 5.41) is 3.30. The fourth-order valence-corrected chi connectivity index (χ4v) is 3.27. The summed E-state index contributed by atoms with van der Waals surface area (Å²) >= 11 is 0. The van der Waals surface area contributed by atoms with Crippen LogP contribution in [0.3, 0.4) is 0 Å². The van der Waals surface area contributed by atoms with Gasteiger partial charge in [-0.2, -0.15) is 0 Å². The number of likely N-dealkylation sites (N-methyl/N-ethyl adjacent to an activating group) is 1. The van der Waals surface area contributed by atoms with E-state index in [-0.39, 0.29) is 5.91 Å². The number of anilines is 2. The highest BCUT2D eigenvalue weighted by atomic mass is 16.2. The molecule has 1 aliphatic rings. The second-order valence-corrected chi connectivity index (χ2v) is 6.61. The summed E-state index contributed by atoms with van der Waals surface area (Å²) in [4.78, 5) is 25.6. The lowest BCUT2D eigenvalue weighted by Gasteiger charge is -2.33. The van der Waals surface area contributed by atoms with Crippen molar-refractivity contribution in [3.05, 3.63) is 47.3 Å². The lowest BCUT2D eigenvalue weighted by atomic mass is 10.1. The number of hydrogen-bond acceptors (Lipinski definition) is 5. The molecule has 1 saturated heterocycles. The van der Waals surface area contributed by atoms with Gasteiger partial charge in [0, 0.05) is 44.3 Å². The normalized spacial score (nSPS) is 15.1. The van der Waals surface area contributed by atoms with Gasteiger partial charge in [-0.25, -0.2) is 9.97 Å². The molecule has 1 aliphatic heterocycles. The largest absolute Gasteiger partial charge is 0.336 e. The molecule has 1 fully saturated rings. The van der Waals surface area contributed by atoms with E-state index in [2.05, 4.69) is 59.2 Å². The number of nitrogens with one attached hydrogen (secondary N) is 1. The lowest BCUT2D eigenvalue weighted by Crippen LogP contribution is -2.48. The van der Waals surface area contributed by atoms with E-state index in [9.17, 15) is 4.79 Å². The molecule has 0 unspecified atom stereocenters. The van der Waals surface area contributed by atoms with Gasteiger partial charge in [0.2, 0.25) is 5.95 Å². The fourth-order valence-electron chi connectivity index (χ4n) is 3.27. The van der Waals surface area contributed by atoms with Crippen LogP contribution in [0.2, 0.25) is 0 Å². The Hall–Kier alpha value is -2.47. The number of carbonyl (C=O) groups is 1. The Balaban J connectivity index is 1.68. The number of amides is 1. The molecule has 0 radical (unpaired) electrons. The van der Waals surface area contributed by atoms with E-state index in [1.807, 2.05) is 4.90 Å². The number of hydrogen-bond donors (Lipinski definition) is 1. The van der Waals surface area contributed by atoms with E-state index in [0.29, 0.717) is 11.5 Å². The van der Waals surface area contributed by atoms with Crippen molar-refractivity contribution in [2.75, 3.05) is 38.0 Å². The molecule has 1 aromatic carbocycles. The molecule has 0 aliphatic carbocycles. The van der Waals surface area contributed by atoms with E-state index >= 15 is 0 Å². The predicted molar refractivity (Wildman–Crippen MR) is 104 cm³/mol. The Morgan fingerprint density at radius 2 is 1.81 bits per heavy atom. The summed E-state index contributed by atoms with van der Waals surface area (Å²) in [7, 11) is 0. The third-order valence-electron chi connectivity index (χ3n) is 4.98. The quantitative estimate of drug-likeness (QED) is 0.896. The standard InChI is InChI=1S/C20H27N5O/c1-4-16-8-6-7-15(3)18(16)23-20-21-13-17(14-22-20)19(26)25-11-9-24(5-2)10-12-25/h6-8,13-14H,4-5,9-12H2,1-3H3,(H,21,22,23). The maximum absolute atomic E-state index is 12.6. The van der Waals surface area contributed by atoms with Crippen LogP contribution in [-0.2, 0) is 6.42 Å². The SMILES string of the molecule is CCc1cccc(C)c1Nc1ncc(C(=O)N2CCN(CC)CC2)cn1. The Morgan fingerprint density at radius 3 is 2.42 bits per heavy atom. The minimum absolute atomic E-state index is 0.0115. The molecule has 0 spiro atoms. The Bertz CT molecular complexity index is 751. The number of benzene rings is 1. The number of aromatic nitrogens is 2. The molecule has 1 N–H and O–H groups in total. The van der Waals surface area contributed by atoms with Crippen LogP contribution in [0.15, 0.2) is 30.6 Å². The van der Waals surface area contributed by atoms with Crippen LogP contribution >= 0.6 is 0 Å². The molecule has 0 bridgehead atoms. The van der Waals surface area contributed by atoms with E-state index in [0.717, 1.165) is 50.4 Å². The number of para-hydroxylation sites is 1. The highest BCUT2D eigenvalue weighted by molar-refractivity contribution is 5.93. The molecule has 6 nitrogen and oxygen atoms in total. The highest BCUT2D eigenvalue weighted by Gasteiger charge is 2.21. The molecule has 2 heterocycles. The number of nitrogens with zero attached hydrogens (tertiary/aromatic N) is 4. The van der Waals surface area contributed by atoms with Crippen molar-refractivity contribution in [2.24, 2.45) is 0 Å². The van der Waals surface area contributed by atoms with Crippen LogP contribution < -0.4 is 5.32 Å². The lowest BCUT2D eigenvalue weighted by molar-refractivity contribution is 0.0642. The Labute approximate surface area is 155 Å². The van der Waals surface area contributed by atoms with Crippen LogP contribution in [0.25, 0.3) is 0 Å². The summed E-state index contributed by atoms with van der Waals surface area (Å²) in [6.45, 7) is 10.7. The maximum atomic E-state index is 12.6. The molecule has 26 heavy (non-hydrogen) atoms. The van der Waals surface area contributed by atoms with Gasteiger partial charge < -0.3 is 15.1 Å². The number of carbonyl (C=O) groups excluding carboxylic acids is 1. The summed E-state index contributed by atoms with van der Waals surface area (Å²) in [5.41, 5.74) is 3.97. The van der Waals surface area contributed by atoms with Crippen molar-refractivity contribution in [3.63, 3.8) is 0 Å². The highest BCUT2D eigenvalue weighted by Crippen LogP contribution is 2.23. The van der Waals surface area contributed by atoms with Crippen LogP contribution in [0.4, 0.5) is 11.6 Å². The van der Waals surface area contributed by atoms with Gasteiger partial charge in [-0.1, -0.05) is 32.0 Å². The minimum Gasteiger partial charge on any atom is -0.336 e. The first kappa shape index (κ1) is 18.3. The van der Waals surface area contributed by atoms with Gasteiger partial charge in [0.05, 0.1) is 5.56 Å². The topological polar surface area (TPSA) is 61.4 Å². The molecular weight excluding hydrogens is 326 g/mol. The molecule has 1 amide bonds. The zero-order valence-corrected chi connectivity index (χ0v) is 15.8. The van der Waals surface area contributed by atoms with Crippen molar-refractivity contribution < 1.29 is 4.79 Å². The van der Waals surface area contributed by atoms with Crippen molar-refractivity contribution in [2.45, 2.75) is 27.2 Å². The van der Waals surface area contributed by atoms with Crippen molar-refractivity contribution in [1.29, 1.82) is 0 Å². The minimum atomic E-state index is 0.0115. The second kappa shape index (κ2) is 8.27. The smallest absolute Gasteiger partial charge is 0.257 e. The van der Waals surface area contributed by atoms with Crippen LogP contribution in [0.5, 0.6) is 0 Å². The molecule has 0 atom stereocenters. The molecule has 3 rings (SSSR count). The van der Waals surface area contributed by atoms with Crippen molar-refractivity contribution >= 4 is 17.5 Å². The third-order valence-corrected chi connectivity index (χ3v) is 4.98. The maximum Gasteiger partial charge on any atom is 0.257 e. The Kier molecular flexibility index (Phi) is 5.83. The summed E-state index contributed by atoms with van der Waals surface area (Å²) in [6, 6.07) is 6.22. The molecule has 1 aromatic heterocycles. The molecule has 6 heteroatoms. The van der Waals surface area contributed by atoms with Gasteiger partial charge in [0.25, 0.3) is 5.91 Å². The van der Waals surface area contributed by atoms with E-state index < -0.39 is 0 Å². The van der Waals surface area contributed by atoms with E-state index in [1.165, 1.54) is 5.56 Å². The van der Waals surface area contributed by atoms with Crippen molar-refractivity contribution in [1.82, 2.24) is 19.8 Å². The molecule has 0 saturated carbocycles. The number of piperazine rings is 1. The third kappa shape index (κ3) is 4.02. The zero-order valence-electron chi connectivity index (χ0n) is 15.8. The molecular formula is C20H27N5O. The van der Waals surface area contributed by atoms with Crippen LogP contribution in [-0.4, -0.2) is 58.4 Å². The summed E-state index contributed by atoms with van der Waals surface area (Å²) in [6.07, 6.45) is 4.17. The van der Waals surface area contributed by atoms with Crippen LogP contribution in [0, 0.1) is 6.92 Å². The van der Waals surface area contributed by atoms with Gasteiger partial charge in [-0.05, 0) is 31.0 Å². The van der Waals surface area contributed by atoms with Crippen molar-refractivity contribution in [3.8, 4) is 0 Å². The predicted octanol–water partition coefficient (Wildman–Crippen LogP) is 2.87. The Morgan fingerprint density at radius 1 is 1.12 bits per heavy atom. The first-order chi connectivity index (χ1) is 12.6. The van der Waals surface area contributed by atoms with E-state index in [4.69, 9.17) is 0 Å². The number of aryl methyl sites for hydroxylation is 2. The van der Waals surface area contributed by atoms with Crippen LogP contribution in [0.1, 0.15) is 35.3 Å². The van der Waals surface area contributed by atoms with Gasteiger partial charge in [-0.3, -0.25) is 4.79 Å².